The van der Waals surface area contributed by atoms with Gasteiger partial charge in [-0.1, -0.05) is 30.3 Å². The topological polar surface area (TPSA) is 102 Å². The van der Waals surface area contributed by atoms with E-state index >= 15 is 0 Å². The second-order valence-corrected chi connectivity index (χ2v) is 9.28. The summed E-state index contributed by atoms with van der Waals surface area (Å²) in [6, 6.07) is 13.7. The van der Waals surface area contributed by atoms with Crippen molar-refractivity contribution in [1.82, 2.24) is 30.0 Å². The number of benzene rings is 1. The highest BCUT2D eigenvalue weighted by Crippen LogP contribution is 2.18. The summed E-state index contributed by atoms with van der Waals surface area (Å²) in [5.74, 6) is 0.611. The van der Waals surface area contributed by atoms with E-state index in [1.54, 1.807) is 9.42 Å². The third-order valence-electron chi connectivity index (χ3n) is 5.48. The summed E-state index contributed by atoms with van der Waals surface area (Å²) in [5, 5.41) is 16.1. The van der Waals surface area contributed by atoms with Crippen LogP contribution in [0.1, 0.15) is 45.9 Å². The molecule has 0 aliphatic carbocycles. The average molecular weight is 451 g/mol. The maximum absolute atomic E-state index is 12.5. The molecule has 0 saturated carbocycles. The lowest BCUT2D eigenvalue weighted by atomic mass is 10.1. The van der Waals surface area contributed by atoms with E-state index in [-0.39, 0.29) is 18.0 Å². The van der Waals surface area contributed by atoms with E-state index in [0.29, 0.717) is 50.2 Å². The quantitative estimate of drug-likeness (QED) is 0.640. The van der Waals surface area contributed by atoms with E-state index in [1.807, 2.05) is 63.2 Å². The lowest BCUT2D eigenvalue weighted by Gasteiger charge is -2.33. The molecule has 1 saturated heterocycles. The van der Waals surface area contributed by atoms with Crippen LogP contribution in [0.25, 0.3) is 16.9 Å². The minimum Gasteiger partial charge on any atom is -0.444 e. The molecule has 1 N–H and O–H groups in total. The molecule has 9 nitrogen and oxygen atoms in total. The monoisotopic (exact) mass is 450 g/mol. The number of aromatic nitrogens is 4. The van der Waals surface area contributed by atoms with Gasteiger partial charge in [0.1, 0.15) is 5.60 Å². The molecule has 0 unspecified atom stereocenters. The van der Waals surface area contributed by atoms with Crippen molar-refractivity contribution in [1.29, 1.82) is 0 Å². The van der Waals surface area contributed by atoms with Gasteiger partial charge >= 0.3 is 6.09 Å². The number of ether oxygens (including phenoxy) is 1. The van der Waals surface area contributed by atoms with E-state index in [4.69, 9.17) is 4.74 Å². The molecule has 1 aliphatic rings. The van der Waals surface area contributed by atoms with Gasteiger partial charge in [-0.15, -0.1) is 10.2 Å². The van der Waals surface area contributed by atoms with Crippen LogP contribution in [0.5, 0.6) is 0 Å². The molecule has 0 radical (unpaired) electrons. The van der Waals surface area contributed by atoms with Crippen LogP contribution in [0.2, 0.25) is 0 Å². The van der Waals surface area contributed by atoms with Crippen molar-refractivity contribution in [2.45, 2.75) is 58.1 Å². The zero-order valence-corrected chi connectivity index (χ0v) is 19.3. The Bertz CT molecular complexity index is 1110. The fourth-order valence-electron chi connectivity index (χ4n) is 3.81. The number of piperidine rings is 1. The zero-order chi connectivity index (χ0) is 23.4. The van der Waals surface area contributed by atoms with Gasteiger partial charge in [-0.05, 0) is 45.7 Å². The van der Waals surface area contributed by atoms with Gasteiger partial charge in [0.05, 0.1) is 5.69 Å². The van der Waals surface area contributed by atoms with E-state index in [0.717, 1.165) is 11.3 Å². The molecule has 174 valence electrons. The Morgan fingerprint density at radius 2 is 1.79 bits per heavy atom. The van der Waals surface area contributed by atoms with E-state index in [9.17, 15) is 9.59 Å². The highest BCUT2D eigenvalue weighted by atomic mass is 16.6. The number of nitrogens with zero attached hydrogens (tertiary/aromatic N) is 5. The SMILES string of the molecule is CC(C)(C)OC(=O)N1CCC(NC(=O)CCc2nnc3ccc(-c4ccccc4)nn23)CC1. The third kappa shape index (κ3) is 5.85. The Kier molecular flexibility index (Phi) is 6.57. The molecule has 3 aromatic rings. The Balaban J connectivity index is 1.29. The fourth-order valence-corrected chi connectivity index (χ4v) is 3.81. The molecular formula is C24H30N6O3. The molecule has 4 rings (SSSR count). The van der Waals surface area contributed by atoms with Crippen molar-refractivity contribution in [2.75, 3.05) is 13.1 Å². The first-order valence-electron chi connectivity index (χ1n) is 11.3. The van der Waals surface area contributed by atoms with Crippen LogP contribution in [0.15, 0.2) is 42.5 Å². The number of likely N-dealkylation sites (tertiary alicyclic amines) is 1. The Morgan fingerprint density at radius 3 is 2.48 bits per heavy atom. The standard InChI is InChI=1S/C24H30N6O3/c1-24(2,3)33-23(32)29-15-13-18(14-16-29)25-22(31)12-11-21-27-26-20-10-9-19(28-30(20)21)17-7-5-4-6-8-17/h4-10,18H,11-16H2,1-3H3,(H,25,31). The maximum atomic E-state index is 12.5. The van der Waals surface area contributed by atoms with Crippen molar-refractivity contribution in [3.63, 3.8) is 0 Å². The first kappa shape index (κ1) is 22.7. The Labute approximate surface area is 193 Å². The van der Waals surface area contributed by atoms with Gasteiger partial charge in [-0.25, -0.2) is 4.79 Å². The van der Waals surface area contributed by atoms with E-state index in [2.05, 4.69) is 20.6 Å². The van der Waals surface area contributed by atoms with Gasteiger partial charge in [0, 0.05) is 37.5 Å². The van der Waals surface area contributed by atoms with Crippen molar-refractivity contribution in [2.24, 2.45) is 0 Å². The van der Waals surface area contributed by atoms with Crippen LogP contribution >= 0.6 is 0 Å². The highest BCUT2D eigenvalue weighted by molar-refractivity contribution is 5.76. The predicted octanol–water partition coefficient (Wildman–Crippen LogP) is 3.24. The number of hydrogen-bond acceptors (Lipinski definition) is 6. The summed E-state index contributed by atoms with van der Waals surface area (Å²) in [6.07, 6.45) is 1.86. The first-order valence-corrected chi connectivity index (χ1v) is 11.3. The Hall–Kier alpha value is -3.49. The number of aryl methyl sites for hydroxylation is 1. The number of carbonyl (C=O) groups is 2. The molecule has 0 atom stereocenters. The summed E-state index contributed by atoms with van der Waals surface area (Å²) in [5.41, 5.74) is 1.98. The molecule has 1 aliphatic heterocycles. The number of amides is 2. The molecule has 0 spiro atoms. The summed E-state index contributed by atoms with van der Waals surface area (Å²) < 4.78 is 7.13. The predicted molar refractivity (Wildman–Crippen MR) is 124 cm³/mol. The summed E-state index contributed by atoms with van der Waals surface area (Å²) in [4.78, 5) is 26.4. The summed E-state index contributed by atoms with van der Waals surface area (Å²) >= 11 is 0. The van der Waals surface area contributed by atoms with Crippen LogP contribution < -0.4 is 5.32 Å². The Morgan fingerprint density at radius 1 is 1.06 bits per heavy atom. The highest BCUT2D eigenvalue weighted by Gasteiger charge is 2.27. The molecule has 2 aromatic heterocycles. The second-order valence-electron chi connectivity index (χ2n) is 9.28. The van der Waals surface area contributed by atoms with Crippen LogP contribution in [0.4, 0.5) is 4.79 Å². The van der Waals surface area contributed by atoms with Crippen LogP contribution in [-0.2, 0) is 16.0 Å². The molecule has 1 fully saturated rings. The van der Waals surface area contributed by atoms with Gasteiger partial charge in [0.25, 0.3) is 0 Å². The number of nitrogens with one attached hydrogen (secondary N) is 1. The van der Waals surface area contributed by atoms with Gasteiger partial charge in [0.2, 0.25) is 5.91 Å². The van der Waals surface area contributed by atoms with Crippen molar-refractivity contribution < 1.29 is 14.3 Å². The van der Waals surface area contributed by atoms with Gasteiger partial charge < -0.3 is 15.0 Å². The van der Waals surface area contributed by atoms with E-state index < -0.39 is 5.60 Å². The maximum Gasteiger partial charge on any atom is 0.410 e. The molecule has 33 heavy (non-hydrogen) atoms. The van der Waals surface area contributed by atoms with Crippen LogP contribution in [0, 0.1) is 0 Å². The zero-order valence-electron chi connectivity index (χ0n) is 19.3. The minimum absolute atomic E-state index is 0.0401. The summed E-state index contributed by atoms with van der Waals surface area (Å²) in [6.45, 7) is 6.71. The molecule has 3 heterocycles. The number of carbonyl (C=O) groups excluding carboxylic acids is 2. The molecule has 0 bridgehead atoms. The molecule has 1 aromatic carbocycles. The molecule has 2 amide bonds. The summed E-state index contributed by atoms with van der Waals surface area (Å²) in [7, 11) is 0. The lowest BCUT2D eigenvalue weighted by Crippen LogP contribution is -2.47. The van der Waals surface area contributed by atoms with Crippen LogP contribution in [-0.4, -0.2) is 61.4 Å². The fraction of sp³-hybridized carbons (Fsp3) is 0.458. The first-order chi connectivity index (χ1) is 15.8. The number of rotatable bonds is 5. The minimum atomic E-state index is -0.509. The molecule has 9 heteroatoms. The third-order valence-corrected chi connectivity index (χ3v) is 5.48. The number of hydrogen-bond donors (Lipinski definition) is 1. The van der Waals surface area contributed by atoms with Crippen molar-refractivity contribution in [3.05, 3.63) is 48.3 Å². The largest absolute Gasteiger partial charge is 0.444 e. The van der Waals surface area contributed by atoms with Crippen LogP contribution in [0.3, 0.4) is 0 Å². The van der Waals surface area contributed by atoms with Crippen molar-refractivity contribution in [3.8, 4) is 11.3 Å². The van der Waals surface area contributed by atoms with Gasteiger partial charge in [-0.3, -0.25) is 4.79 Å². The number of fused-ring (bicyclic) bond motifs is 1. The average Bonchev–Trinajstić information content (AvgIpc) is 3.20. The van der Waals surface area contributed by atoms with E-state index in [1.165, 1.54) is 0 Å². The molecular weight excluding hydrogens is 420 g/mol. The van der Waals surface area contributed by atoms with Gasteiger partial charge in [0.15, 0.2) is 11.5 Å². The lowest BCUT2D eigenvalue weighted by molar-refractivity contribution is -0.122. The second kappa shape index (κ2) is 9.56. The van der Waals surface area contributed by atoms with Gasteiger partial charge in [-0.2, -0.15) is 9.61 Å². The van der Waals surface area contributed by atoms with Crippen molar-refractivity contribution >= 4 is 17.6 Å². The smallest absolute Gasteiger partial charge is 0.410 e. The normalized spacial score (nSPS) is 14.9.